The van der Waals surface area contributed by atoms with Crippen molar-refractivity contribution in [3.63, 3.8) is 0 Å². The van der Waals surface area contributed by atoms with E-state index < -0.39 is 0 Å². The molecular formula is C23H23BrN2OS. The van der Waals surface area contributed by atoms with Crippen LogP contribution < -0.4 is 15.4 Å². The van der Waals surface area contributed by atoms with E-state index in [1.807, 2.05) is 42.5 Å². The fourth-order valence-electron chi connectivity index (χ4n) is 3.02. The molecule has 0 saturated carbocycles. The Hall–Kier alpha value is -2.37. The van der Waals surface area contributed by atoms with Crippen LogP contribution in [0.5, 0.6) is 5.75 Å². The number of hydrogen-bond acceptors (Lipinski definition) is 2. The van der Waals surface area contributed by atoms with Gasteiger partial charge in [0.1, 0.15) is 5.75 Å². The van der Waals surface area contributed by atoms with Gasteiger partial charge in [-0.05, 0) is 63.4 Å². The highest BCUT2D eigenvalue weighted by Crippen LogP contribution is 2.25. The van der Waals surface area contributed by atoms with E-state index in [1.165, 1.54) is 16.7 Å². The predicted octanol–water partition coefficient (Wildman–Crippen LogP) is 5.25. The van der Waals surface area contributed by atoms with Gasteiger partial charge < -0.3 is 15.4 Å². The van der Waals surface area contributed by atoms with Gasteiger partial charge in [0.15, 0.2) is 5.11 Å². The molecule has 0 aliphatic carbocycles. The maximum absolute atomic E-state index is 5.56. The second kappa shape index (κ2) is 10.2. The van der Waals surface area contributed by atoms with Crippen LogP contribution >= 0.6 is 28.1 Å². The molecule has 0 aliphatic heterocycles. The van der Waals surface area contributed by atoms with Crippen LogP contribution in [0.3, 0.4) is 0 Å². The molecule has 144 valence electrons. The van der Waals surface area contributed by atoms with E-state index in [0.717, 1.165) is 23.2 Å². The molecular weight excluding hydrogens is 432 g/mol. The van der Waals surface area contributed by atoms with Gasteiger partial charge in [0.2, 0.25) is 0 Å². The molecule has 3 aromatic carbocycles. The van der Waals surface area contributed by atoms with Crippen LogP contribution in [0.2, 0.25) is 0 Å². The van der Waals surface area contributed by atoms with E-state index in [9.17, 15) is 0 Å². The molecule has 3 rings (SSSR count). The normalized spacial score (nSPS) is 10.5. The molecule has 0 bridgehead atoms. The van der Waals surface area contributed by atoms with Crippen molar-refractivity contribution in [2.45, 2.75) is 12.5 Å². The molecule has 0 aliphatic rings. The Labute approximate surface area is 180 Å². The van der Waals surface area contributed by atoms with Crippen molar-refractivity contribution in [2.75, 3.05) is 13.7 Å². The zero-order chi connectivity index (χ0) is 19.8. The smallest absolute Gasteiger partial charge is 0.167 e. The number of methoxy groups -OCH3 is 1. The second-order valence-electron chi connectivity index (χ2n) is 6.37. The minimum atomic E-state index is 0.0116. The lowest BCUT2D eigenvalue weighted by Gasteiger charge is -2.22. The Kier molecular flexibility index (Phi) is 7.46. The largest absolute Gasteiger partial charge is 0.496 e. The average Bonchev–Trinajstić information content (AvgIpc) is 2.73. The van der Waals surface area contributed by atoms with Gasteiger partial charge in [-0.1, -0.05) is 66.7 Å². The quantitative estimate of drug-likeness (QED) is 0.477. The number of thiocarbonyl (C=S) groups is 1. The monoisotopic (exact) mass is 454 g/mol. The standard InChI is InChI=1S/C23H23BrN2OS/c1-27-21-13-12-17(16-20(21)24)14-15-25-23(28)26-22(18-8-4-2-5-9-18)19-10-6-3-7-11-19/h2-13,16,22H,14-15H2,1H3,(H2,25,26,28). The number of hydrogen-bond donors (Lipinski definition) is 2. The lowest BCUT2D eigenvalue weighted by atomic mass is 9.99. The number of rotatable bonds is 7. The molecule has 3 nitrogen and oxygen atoms in total. The molecule has 0 amide bonds. The van der Waals surface area contributed by atoms with Gasteiger partial charge in [0, 0.05) is 6.54 Å². The zero-order valence-corrected chi connectivity index (χ0v) is 18.1. The summed E-state index contributed by atoms with van der Waals surface area (Å²) in [4.78, 5) is 0. The van der Waals surface area contributed by atoms with Crippen LogP contribution in [0.4, 0.5) is 0 Å². The molecule has 0 unspecified atom stereocenters. The van der Waals surface area contributed by atoms with E-state index in [2.05, 4.69) is 63.0 Å². The Morgan fingerprint density at radius 3 is 2.11 bits per heavy atom. The molecule has 28 heavy (non-hydrogen) atoms. The minimum Gasteiger partial charge on any atom is -0.496 e. The van der Waals surface area contributed by atoms with Crippen molar-refractivity contribution in [2.24, 2.45) is 0 Å². The van der Waals surface area contributed by atoms with Gasteiger partial charge in [0.25, 0.3) is 0 Å². The van der Waals surface area contributed by atoms with Crippen LogP contribution in [-0.4, -0.2) is 18.8 Å². The van der Waals surface area contributed by atoms with E-state index in [1.54, 1.807) is 7.11 Å². The molecule has 3 aromatic rings. The summed E-state index contributed by atoms with van der Waals surface area (Å²) in [5.74, 6) is 0.836. The fourth-order valence-corrected chi connectivity index (χ4v) is 3.83. The number of benzene rings is 3. The van der Waals surface area contributed by atoms with Crippen molar-refractivity contribution in [3.05, 3.63) is 100 Å². The van der Waals surface area contributed by atoms with Crippen molar-refractivity contribution in [1.29, 1.82) is 0 Å². The lowest BCUT2D eigenvalue weighted by Crippen LogP contribution is -2.39. The van der Waals surface area contributed by atoms with E-state index >= 15 is 0 Å². The summed E-state index contributed by atoms with van der Waals surface area (Å²) in [6.07, 6.45) is 0.867. The maximum atomic E-state index is 5.56. The number of ether oxygens (including phenoxy) is 1. The predicted molar refractivity (Wildman–Crippen MR) is 123 cm³/mol. The Morgan fingerprint density at radius 1 is 0.964 bits per heavy atom. The maximum Gasteiger partial charge on any atom is 0.167 e. The van der Waals surface area contributed by atoms with Crippen LogP contribution in [0.1, 0.15) is 22.7 Å². The third kappa shape index (κ3) is 5.57. The Balaban J connectivity index is 1.60. The molecule has 2 N–H and O–H groups in total. The first-order valence-corrected chi connectivity index (χ1v) is 10.3. The zero-order valence-electron chi connectivity index (χ0n) is 15.7. The molecule has 0 fully saturated rings. The van der Waals surface area contributed by atoms with Crippen molar-refractivity contribution in [3.8, 4) is 5.75 Å². The van der Waals surface area contributed by atoms with Gasteiger partial charge in [-0.2, -0.15) is 0 Å². The molecule has 0 saturated heterocycles. The topological polar surface area (TPSA) is 33.3 Å². The van der Waals surface area contributed by atoms with Crippen molar-refractivity contribution >= 4 is 33.3 Å². The molecule has 0 spiro atoms. The Morgan fingerprint density at radius 2 is 1.57 bits per heavy atom. The van der Waals surface area contributed by atoms with Gasteiger partial charge in [-0.3, -0.25) is 0 Å². The lowest BCUT2D eigenvalue weighted by molar-refractivity contribution is 0.412. The van der Waals surface area contributed by atoms with Crippen LogP contribution in [0, 0.1) is 0 Å². The summed E-state index contributed by atoms with van der Waals surface area (Å²) < 4.78 is 6.24. The molecule has 0 atom stereocenters. The fraction of sp³-hybridized carbons (Fsp3) is 0.174. The number of halogens is 1. The Bertz CT molecular complexity index is 863. The number of nitrogens with one attached hydrogen (secondary N) is 2. The molecule has 5 heteroatoms. The summed E-state index contributed by atoms with van der Waals surface area (Å²) in [7, 11) is 1.67. The minimum absolute atomic E-state index is 0.0116. The van der Waals surface area contributed by atoms with Crippen LogP contribution in [0.15, 0.2) is 83.3 Å². The first-order valence-electron chi connectivity index (χ1n) is 9.14. The molecule has 0 heterocycles. The summed E-state index contributed by atoms with van der Waals surface area (Å²) in [6.45, 7) is 0.751. The molecule has 0 aromatic heterocycles. The third-order valence-corrected chi connectivity index (χ3v) is 5.34. The van der Waals surface area contributed by atoms with Gasteiger partial charge in [-0.15, -0.1) is 0 Å². The highest BCUT2D eigenvalue weighted by molar-refractivity contribution is 9.10. The van der Waals surface area contributed by atoms with E-state index in [0.29, 0.717) is 5.11 Å². The molecule has 0 radical (unpaired) electrons. The summed E-state index contributed by atoms with van der Waals surface area (Å²) in [5.41, 5.74) is 3.57. The summed E-state index contributed by atoms with van der Waals surface area (Å²) in [5, 5.41) is 7.42. The first-order chi connectivity index (χ1) is 13.7. The van der Waals surface area contributed by atoms with Crippen molar-refractivity contribution in [1.82, 2.24) is 10.6 Å². The summed E-state index contributed by atoms with van der Waals surface area (Å²) in [6, 6.07) is 26.8. The highest BCUT2D eigenvalue weighted by Gasteiger charge is 2.14. The van der Waals surface area contributed by atoms with Crippen LogP contribution in [0.25, 0.3) is 0 Å². The first kappa shape index (κ1) is 20.4. The highest BCUT2D eigenvalue weighted by atomic mass is 79.9. The summed E-state index contributed by atoms with van der Waals surface area (Å²) >= 11 is 9.09. The van der Waals surface area contributed by atoms with Gasteiger partial charge >= 0.3 is 0 Å². The van der Waals surface area contributed by atoms with Crippen LogP contribution in [-0.2, 0) is 6.42 Å². The van der Waals surface area contributed by atoms with Gasteiger partial charge in [-0.25, -0.2) is 0 Å². The second-order valence-corrected chi connectivity index (χ2v) is 7.64. The van der Waals surface area contributed by atoms with E-state index in [4.69, 9.17) is 17.0 Å². The average molecular weight is 455 g/mol. The third-order valence-electron chi connectivity index (χ3n) is 4.46. The van der Waals surface area contributed by atoms with Crippen molar-refractivity contribution < 1.29 is 4.74 Å². The van der Waals surface area contributed by atoms with E-state index in [-0.39, 0.29) is 6.04 Å². The SMILES string of the molecule is COc1ccc(CCNC(=S)NC(c2ccccc2)c2ccccc2)cc1Br. The van der Waals surface area contributed by atoms with Gasteiger partial charge in [0.05, 0.1) is 17.6 Å².